The number of amides is 1. The summed E-state index contributed by atoms with van der Waals surface area (Å²) in [4.78, 5) is 14.2. The molecule has 1 aliphatic heterocycles. The second-order valence-electron chi connectivity index (χ2n) is 5.25. The molecule has 0 bridgehead atoms. The van der Waals surface area contributed by atoms with Crippen molar-refractivity contribution in [2.45, 2.75) is 25.9 Å². The third-order valence-electron chi connectivity index (χ3n) is 3.56. The summed E-state index contributed by atoms with van der Waals surface area (Å²) in [6, 6.07) is 5.04. The number of benzene rings is 1. The van der Waals surface area contributed by atoms with Gasteiger partial charge in [-0.05, 0) is 37.6 Å². The van der Waals surface area contributed by atoms with Crippen LogP contribution < -0.4 is 11.1 Å². The van der Waals surface area contributed by atoms with Crippen LogP contribution in [0.1, 0.15) is 19.8 Å². The first-order valence-electron chi connectivity index (χ1n) is 7.27. The number of anilines is 2. The highest BCUT2D eigenvalue weighted by Crippen LogP contribution is 2.24. The molecule has 0 spiro atoms. The van der Waals surface area contributed by atoms with Crippen LogP contribution in [0.5, 0.6) is 0 Å². The molecule has 116 valence electrons. The SMILES string of the molecule is CCN(CC(=O)Nc1cc(N)ccc1Cl)CC1CCCO1. The number of nitrogens with one attached hydrogen (secondary N) is 1. The lowest BCUT2D eigenvalue weighted by atomic mass is 10.2. The van der Waals surface area contributed by atoms with Crippen LogP contribution in [-0.2, 0) is 9.53 Å². The molecule has 1 saturated heterocycles. The van der Waals surface area contributed by atoms with Crippen molar-refractivity contribution in [2.75, 3.05) is 37.3 Å². The number of hydrogen-bond donors (Lipinski definition) is 2. The van der Waals surface area contributed by atoms with E-state index < -0.39 is 0 Å². The summed E-state index contributed by atoms with van der Waals surface area (Å²) in [5.74, 6) is -0.0950. The van der Waals surface area contributed by atoms with Gasteiger partial charge in [0.2, 0.25) is 5.91 Å². The van der Waals surface area contributed by atoms with E-state index in [1.54, 1.807) is 18.2 Å². The zero-order chi connectivity index (χ0) is 15.2. The van der Waals surface area contributed by atoms with E-state index in [1.165, 1.54) is 0 Å². The molecular weight excluding hydrogens is 290 g/mol. The van der Waals surface area contributed by atoms with Crippen molar-refractivity contribution in [3.8, 4) is 0 Å². The summed E-state index contributed by atoms with van der Waals surface area (Å²) in [5.41, 5.74) is 6.82. The van der Waals surface area contributed by atoms with Gasteiger partial charge in [-0.1, -0.05) is 18.5 Å². The van der Waals surface area contributed by atoms with Gasteiger partial charge in [-0.2, -0.15) is 0 Å². The average Bonchev–Trinajstić information content (AvgIpc) is 2.95. The van der Waals surface area contributed by atoms with Crippen molar-refractivity contribution in [3.63, 3.8) is 0 Å². The quantitative estimate of drug-likeness (QED) is 0.791. The monoisotopic (exact) mass is 311 g/mol. The van der Waals surface area contributed by atoms with Crippen LogP contribution in [0.3, 0.4) is 0 Å². The van der Waals surface area contributed by atoms with E-state index in [1.807, 2.05) is 6.92 Å². The Morgan fingerprint density at radius 3 is 3.05 bits per heavy atom. The molecule has 3 N–H and O–H groups in total. The molecule has 6 heteroatoms. The lowest BCUT2D eigenvalue weighted by Crippen LogP contribution is -2.38. The summed E-state index contributed by atoms with van der Waals surface area (Å²) < 4.78 is 5.61. The van der Waals surface area contributed by atoms with Gasteiger partial charge < -0.3 is 15.8 Å². The maximum absolute atomic E-state index is 12.1. The van der Waals surface area contributed by atoms with Gasteiger partial charge in [0.1, 0.15) is 0 Å². The predicted octanol–water partition coefficient (Wildman–Crippen LogP) is 2.36. The Hall–Kier alpha value is -1.30. The van der Waals surface area contributed by atoms with Crippen molar-refractivity contribution >= 4 is 28.9 Å². The first-order valence-corrected chi connectivity index (χ1v) is 7.65. The Labute approximate surface area is 130 Å². The lowest BCUT2D eigenvalue weighted by Gasteiger charge is -2.23. The largest absolute Gasteiger partial charge is 0.399 e. The van der Waals surface area contributed by atoms with Gasteiger partial charge in [0.15, 0.2) is 0 Å². The van der Waals surface area contributed by atoms with Crippen molar-refractivity contribution < 1.29 is 9.53 Å². The van der Waals surface area contributed by atoms with Gasteiger partial charge in [-0.3, -0.25) is 9.69 Å². The molecule has 1 amide bonds. The maximum atomic E-state index is 12.1. The summed E-state index contributed by atoms with van der Waals surface area (Å²) in [5, 5.41) is 3.29. The molecule has 1 aromatic carbocycles. The number of halogens is 1. The molecule has 1 aliphatic rings. The molecule has 0 aliphatic carbocycles. The topological polar surface area (TPSA) is 67.6 Å². The predicted molar refractivity (Wildman–Crippen MR) is 85.6 cm³/mol. The van der Waals surface area contributed by atoms with Gasteiger partial charge in [-0.25, -0.2) is 0 Å². The van der Waals surface area contributed by atoms with Gasteiger partial charge in [0.25, 0.3) is 0 Å². The minimum absolute atomic E-state index is 0.0950. The zero-order valence-corrected chi connectivity index (χ0v) is 13.0. The maximum Gasteiger partial charge on any atom is 0.238 e. The highest BCUT2D eigenvalue weighted by molar-refractivity contribution is 6.33. The van der Waals surface area contributed by atoms with E-state index in [0.717, 1.165) is 32.5 Å². The van der Waals surface area contributed by atoms with Crippen LogP contribution in [0.15, 0.2) is 18.2 Å². The van der Waals surface area contributed by atoms with Crippen LogP contribution in [0.2, 0.25) is 5.02 Å². The third-order valence-corrected chi connectivity index (χ3v) is 3.89. The minimum atomic E-state index is -0.0950. The zero-order valence-electron chi connectivity index (χ0n) is 12.3. The number of carbonyl (C=O) groups is 1. The molecule has 1 fully saturated rings. The standard InChI is InChI=1S/C15H22ClN3O2/c1-2-19(9-12-4-3-7-21-12)10-15(20)18-14-8-11(17)5-6-13(14)16/h5-6,8,12H,2-4,7,9-10,17H2,1H3,(H,18,20). The Balaban J connectivity index is 1.88. The second kappa shape index (κ2) is 7.64. The second-order valence-corrected chi connectivity index (χ2v) is 5.66. The molecule has 5 nitrogen and oxygen atoms in total. The number of ether oxygens (including phenoxy) is 1. The van der Waals surface area contributed by atoms with Crippen LogP contribution in [0, 0.1) is 0 Å². The molecule has 1 aromatic rings. The number of hydrogen-bond acceptors (Lipinski definition) is 4. The van der Waals surface area contributed by atoms with Crippen LogP contribution in [0.4, 0.5) is 11.4 Å². The van der Waals surface area contributed by atoms with Crippen LogP contribution in [0.25, 0.3) is 0 Å². The fraction of sp³-hybridized carbons (Fsp3) is 0.533. The molecule has 2 rings (SSSR count). The number of likely N-dealkylation sites (N-methyl/N-ethyl adjacent to an activating group) is 1. The van der Waals surface area contributed by atoms with Crippen molar-refractivity contribution in [1.29, 1.82) is 0 Å². The van der Waals surface area contributed by atoms with E-state index in [9.17, 15) is 4.79 Å². The van der Waals surface area contributed by atoms with Crippen molar-refractivity contribution in [3.05, 3.63) is 23.2 Å². The molecule has 0 aromatic heterocycles. The Morgan fingerprint density at radius 1 is 1.57 bits per heavy atom. The average molecular weight is 312 g/mol. The molecule has 21 heavy (non-hydrogen) atoms. The van der Waals surface area contributed by atoms with E-state index in [4.69, 9.17) is 22.1 Å². The fourth-order valence-electron chi connectivity index (χ4n) is 2.41. The molecule has 0 saturated carbocycles. The summed E-state index contributed by atoms with van der Waals surface area (Å²) in [6.45, 7) is 4.77. The Morgan fingerprint density at radius 2 is 2.38 bits per heavy atom. The van der Waals surface area contributed by atoms with Gasteiger partial charge in [0, 0.05) is 18.8 Å². The van der Waals surface area contributed by atoms with E-state index in [0.29, 0.717) is 22.9 Å². The van der Waals surface area contributed by atoms with Gasteiger partial charge in [0.05, 0.1) is 23.4 Å². The first-order chi connectivity index (χ1) is 10.1. The number of nitrogens with zero attached hydrogens (tertiary/aromatic N) is 1. The smallest absolute Gasteiger partial charge is 0.238 e. The number of rotatable bonds is 6. The Bertz CT molecular complexity index is 490. The van der Waals surface area contributed by atoms with E-state index in [-0.39, 0.29) is 12.0 Å². The Kier molecular flexibility index (Phi) is 5.85. The summed E-state index contributed by atoms with van der Waals surface area (Å²) >= 11 is 6.04. The minimum Gasteiger partial charge on any atom is -0.399 e. The molecule has 1 unspecified atom stereocenters. The fourth-order valence-corrected chi connectivity index (χ4v) is 2.58. The van der Waals surface area contributed by atoms with E-state index >= 15 is 0 Å². The van der Waals surface area contributed by atoms with Gasteiger partial charge >= 0.3 is 0 Å². The lowest BCUT2D eigenvalue weighted by molar-refractivity contribution is -0.117. The summed E-state index contributed by atoms with van der Waals surface area (Å²) in [7, 11) is 0. The number of nitrogen functional groups attached to an aromatic ring is 1. The van der Waals surface area contributed by atoms with Crippen LogP contribution >= 0.6 is 11.6 Å². The third kappa shape index (κ3) is 4.88. The molecule has 0 radical (unpaired) electrons. The highest BCUT2D eigenvalue weighted by atomic mass is 35.5. The number of nitrogens with two attached hydrogens (primary N) is 1. The molecule has 1 atom stereocenters. The van der Waals surface area contributed by atoms with Crippen molar-refractivity contribution in [1.82, 2.24) is 4.90 Å². The van der Waals surface area contributed by atoms with Crippen LogP contribution in [-0.4, -0.2) is 43.2 Å². The normalized spacial score (nSPS) is 18.1. The molecular formula is C15H22ClN3O2. The van der Waals surface area contributed by atoms with Gasteiger partial charge in [-0.15, -0.1) is 0 Å². The van der Waals surface area contributed by atoms with Crippen molar-refractivity contribution in [2.24, 2.45) is 0 Å². The highest BCUT2D eigenvalue weighted by Gasteiger charge is 2.20. The number of carbonyl (C=O) groups excluding carboxylic acids is 1. The summed E-state index contributed by atoms with van der Waals surface area (Å²) in [6.07, 6.45) is 2.42. The molecule has 1 heterocycles. The first kappa shape index (κ1) is 16.1. The van der Waals surface area contributed by atoms with E-state index in [2.05, 4.69) is 10.2 Å².